The zero-order valence-corrected chi connectivity index (χ0v) is 13.1. The first-order valence-corrected chi connectivity index (χ1v) is 7.90. The first-order valence-electron chi connectivity index (χ1n) is 7.90. The zero-order chi connectivity index (χ0) is 15.9. The Labute approximate surface area is 136 Å². The predicted molar refractivity (Wildman–Crippen MR) is 90.5 cm³/mol. The van der Waals surface area contributed by atoms with E-state index in [1.54, 1.807) is 11.1 Å². The third-order valence-electron chi connectivity index (χ3n) is 3.97. The van der Waals surface area contributed by atoms with E-state index in [-0.39, 0.29) is 0 Å². The lowest BCUT2D eigenvalue weighted by Crippen LogP contribution is -2.46. The number of hydrogen-bond acceptors (Lipinski definition) is 5. The van der Waals surface area contributed by atoms with Crippen LogP contribution in [0.5, 0.6) is 0 Å². The minimum atomic E-state index is 0.649. The van der Waals surface area contributed by atoms with Crippen LogP contribution in [0.15, 0.2) is 42.6 Å². The molecule has 6 heteroatoms. The van der Waals surface area contributed by atoms with Crippen LogP contribution in [0.3, 0.4) is 0 Å². The van der Waals surface area contributed by atoms with Gasteiger partial charge in [-0.05, 0) is 18.1 Å². The molecular weight excluding hydrogens is 290 g/mol. The summed E-state index contributed by atoms with van der Waals surface area (Å²) in [7, 11) is 0. The predicted octanol–water partition coefficient (Wildman–Crippen LogP) is 1.41. The van der Waals surface area contributed by atoms with Crippen molar-refractivity contribution in [1.82, 2.24) is 14.9 Å². The maximum Gasteiger partial charge on any atom is 0.224 e. The molecule has 1 aromatic heterocycles. The van der Waals surface area contributed by atoms with E-state index in [1.165, 1.54) is 5.56 Å². The van der Waals surface area contributed by atoms with E-state index in [0.717, 1.165) is 51.4 Å². The molecule has 0 aliphatic carbocycles. The van der Waals surface area contributed by atoms with Gasteiger partial charge in [-0.2, -0.15) is 4.98 Å². The van der Waals surface area contributed by atoms with Crippen molar-refractivity contribution in [1.29, 1.82) is 0 Å². The number of carbonyl (C=O) groups excluding carboxylic acids is 1. The fourth-order valence-corrected chi connectivity index (χ4v) is 2.63. The molecule has 23 heavy (non-hydrogen) atoms. The molecule has 0 spiro atoms. The second kappa shape index (κ2) is 7.58. The van der Waals surface area contributed by atoms with Crippen molar-refractivity contribution in [3.05, 3.63) is 48.2 Å². The summed E-state index contributed by atoms with van der Waals surface area (Å²) in [5, 5.41) is 3.28. The summed E-state index contributed by atoms with van der Waals surface area (Å²) in [4.78, 5) is 23.6. The molecule has 1 N–H and O–H groups in total. The fraction of sp³-hybridized carbons (Fsp3) is 0.353. The monoisotopic (exact) mass is 311 g/mol. The lowest BCUT2D eigenvalue weighted by Gasteiger charge is -2.33. The summed E-state index contributed by atoms with van der Waals surface area (Å²) in [5.41, 5.74) is 1.29. The van der Waals surface area contributed by atoms with Crippen molar-refractivity contribution in [3.63, 3.8) is 0 Å². The van der Waals surface area contributed by atoms with Crippen molar-refractivity contribution in [3.8, 4) is 0 Å². The van der Waals surface area contributed by atoms with E-state index in [0.29, 0.717) is 5.95 Å². The molecule has 1 saturated heterocycles. The molecule has 2 heterocycles. The van der Waals surface area contributed by atoms with Gasteiger partial charge in [0.15, 0.2) is 0 Å². The molecule has 3 rings (SSSR count). The topological polar surface area (TPSA) is 61.4 Å². The lowest BCUT2D eigenvalue weighted by molar-refractivity contribution is -0.118. The Morgan fingerprint density at radius 3 is 2.61 bits per heavy atom. The number of nitrogens with zero attached hydrogens (tertiary/aromatic N) is 4. The molecule has 0 unspecified atom stereocenters. The molecule has 1 aliphatic heterocycles. The fourth-order valence-electron chi connectivity index (χ4n) is 2.63. The van der Waals surface area contributed by atoms with E-state index < -0.39 is 0 Å². The summed E-state index contributed by atoms with van der Waals surface area (Å²) >= 11 is 0. The van der Waals surface area contributed by atoms with Gasteiger partial charge in [-0.15, -0.1) is 0 Å². The largest absolute Gasteiger partial charge is 0.354 e. The van der Waals surface area contributed by atoms with Crippen LogP contribution in [0.1, 0.15) is 5.56 Å². The van der Waals surface area contributed by atoms with Crippen LogP contribution in [-0.2, 0) is 11.2 Å². The molecule has 120 valence electrons. The van der Waals surface area contributed by atoms with Crippen molar-refractivity contribution in [2.45, 2.75) is 6.42 Å². The molecule has 6 nitrogen and oxygen atoms in total. The van der Waals surface area contributed by atoms with Crippen LogP contribution in [0.2, 0.25) is 0 Å². The van der Waals surface area contributed by atoms with Gasteiger partial charge in [-0.1, -0.05) is 30.3 Å². The standard InChI is InChI=1S/C17H21N5O/c23-14-21-10-12-22(13-11-21)16-7-9-19-17(20-16)18-8-6-15-4-2-1-3-5-15/h1-5,7,9,14H,6,8,10-13H2,(H,18,19,20). The molecular formula is C17H21N5O. The number of anilines is 2. The van der Waals surface area contributed by atoms with Gasteiger partial charge in [0.1, 0.15) is 5.82 Å². The molecule has 2 aromatic rings. The number of amides is 1. The van der Waals surface area contributed by atoms with E-state index in [1.807, 2.05) is 24.3 Å². The average molecular weight is 311 g/mol. The van der Waals surface area contributed by atoms with Crippen molar-refractivity contribution in [2.75, 3.05) is 42.9 Å². The lowest BCUT2D eigenvalue weighted by atomic mass is 10.1. The van der Waals surface area contributed by atoms with Crippen LogP contribution in [0.4, 0.5) is 11.8 Å². The first kappa shape index (κ1) is 15.3. The average Bonchev–Trinajstić information content (AvgIpc) is 2.63. The van der Waals surface area contributed by atoms with Gasteiger partial charge in [0.05, 0.1) is 0 Å². The smallest absolute Gasteiger partial charge is 0.224 e. The molecule has 0 radical (unpaired) electrons. The number of nitrogens with one attached hydrogen (secondary N) is 1. The Kier molecular flexibility index (Phi) is 5.03. The minimum Gasteiger partial charge on any atom is -0.354 e. The van der Waals surface area contributed by atoms with Gasteiger partial charge in [-0.3, -0.25) is 4.79 Å². The normalized spacial score (nSPS) is 14.6. The van der Waals surface area contributed by atoms with Gasteiger partial charge < -0.3 is 15.1 Å². The Balaban J connectivity index is 1.54. The van der Waals surface area contributed by atoms with Crippen LogP contribution in [-0.4, -0.2) is 54.0 Å². The maximum absolute atomic E-state index is 10.8. The highest BCUT2D eigenvalue weighted by molar-refractivity contribution is 5.49. The van der Waals surface area contributed by atoms with Crippen molar-refractivity contribution < 1.29 is 4.79 Å². The van der Waals surface area contributed by atoms with Crippen LogP contribution in [0.25, 0.3) is 0 Å². The SMILES string of the molecule is O=CN1CCN(c2ccnc(NCCc3ccccc3)n2)CC1. The minimum absolute atomic E-state index is 0.649. The molecule has 1 aromatic carbocycles. The summed E-state index contributed by atoms with van der Waals surface area (Å²) < 4.78 is 0. The second-order valence-corrected chi connectivity index (χ2v) is 5.53. The van der Waals surface area contributed by atoms with Gasteiger partial charge in [0.25, 0.3) is 0 Å². The Bertz CT molecular complexity index is 626. The third kappa shape index (κ3) is 4.18. The summed E-state index contributed by atoms with van der Waals surface area (Å²) in [6.07, 6.45) is 3.62. The summed E-state index contributed by atoms with van der Waals surface area (Å²) in [6, 6.07) is 12.3. The second-order valence-electron chi connectivity index (χ2n) is 5.53. The summed E-state index contributed by atoms with van der Waals surface area (Å²) in [6.45, 7) is 3.89. The third-order valence-corrected chi connectivity index (χ3v) is 3.97. The zero-order valence-electron chi connectivity index (χ0n) is 13.1. The van der Waals surface area contributed by atoms with E-state index in [9.17, 15) is 4.79 Å². The number of hydrogen-bond donors (Lipinski definition) is 1. The van der Waals surface area contributed by atoms with Gasteiger partial charge >= 0.3 is 0 Å². The Morgan fingerprint density at radius 2 is 1.87 bits per heavy atom. The Hall–Kier alpha value is -2.63. The van der Waals surface area contributed by atoms with Crippen LogP contribution >= 0.6 is 0 Å². The van der Waals surface area contributed by atoms with E-state index >= 15 is 0 Å². The first-order chi connectivity index (χ1) is 11.3. The molecule has 0 saturated carbocycles. The molecule has 0 bridgehead atoms. The number of carbonyl (C=O) groups is 1. The quantitative estimate of drug-likeness (QED) is 0.817. The molecule has 1 aliphatic rings. The summed E-state index contributed by atoms with van der Waals surface area (Å²) in [5.74, 6) is 1.56. The van der Waals surface area contributed by atoms with Gasteiger partial charge in [0.2, 0.25) is 12.4 Å². The molecule has 1 fully saturated rings. The Morgan fingerprint density at radius 1 is 1.09 bits per heavy atom. The van der Waals surface area contributed by atoms with Crippen molar-refractivity contribution >= 4 is 18.2 Å². The highest BCUT2D eigenvalue weighted by Crippen LogP contribution is 2.14. The van der Waals surface area contributed by atoms with Crippen molar-refractivity contribution in [2.24, 2.45) is 0 Å². The van der Waals surface area contributed by atoms with E-state index in [4.69, 9.17) is 0 Å². The number of piperazine rings is 1. The van der Waals surface area contributed by atoms with Crippen LogP contribution in [0, 0.1) is 0 Å². The van der Waals surface area contributed by atoms with E-state index in [2.05, 4.69) is 32.3 Å². The molecule has 1 amide bonds. The highest BCUT2D eigenvalue weighted by Gasteiger charge is 2.16. The van der Waals surface area contributed by atoms with Gasteiger partial charge in [0, 0.05) is 38.9 Å². The highest BCUT2D eigenvalue weighted by atomic mass is 16.1. The van der Waals surface area contributed by atoms with Crippen LogP contribution < -0.4 is 10.2 Å². The maximum atomic E-state index is 10.8. The number of benzene rings is 1. The number of rotatable bonds is 6. The van der Waals surface area contributed by atoms with Gasteiger partial charge in [-0.25, -0.2) is 4.98 Å². The number of aromatic nitrogens is 2. The molecule has 0 atom stereocenters.